The van der Waals surface area contributed by atoms with Crippen LogP contribution in [0.1, 0.15) is 11.1 Å². The highest BCUT2D eigenvalue weighted by atomic mass is 35.5. The zero-order chi connectivity index (χ0) is 24.0. The Morgan fingerprint density at radius 1 is 0.970 bits per heavy atom. The van der Waals surface area contributed by atoms with Gasteiger partial charge in [0.1, 0.15) is 17.5 Å². The molecular weight excluding hydrogens is 464 g/mol. The van der Waals surface area contributed by atoms with E-state index in [0.717, 1.165) is 5.56 Å². The van der Waals surface area contributed by atoms with Crippen LogP contribution in [0.3, 0.4) is 0 Å². The van der Waals surface area contributed by atoms with E-state index in [-0.39, 0.29) is 11.3 Å². The van der Waals surface area contributed by atoms with Crippen molar-refractivity contribution in [3.05, 3.63) is 82.9 Å². The number of sulfonamides is 1. The summed E-state index contributed by atoms with van der Waals surface area (Å²) in [4.78, 5) is 13.2. The second kappa shape index (κ2) is 10.7. The molecule has 1 atom stereocenters. The number of nitrogens with one attached hydrogen (secondary N) is 2. The standard InChI is InChI=1S/C24H25ClN2O5S/c1-16-13-19(10-12-22(16)31-2)33(29,30)27-21(14-17-7-5-4-6-8-17)24(28)26-18-9-11-23(32-3)20(25)15-18/h4-13,15,21,27H,14H2,1-3H3,(H,26,28)/t21-/m0/s1. The fourth-order valence-electron chi connectivity index (χ4n) is 3.28. The van der Waals surface area contributed by atoms with Gasteiger partial charge in [0.05, 0.1) is 24.1 Å². The van der Waals surface area contributed by atoms with Gasteiger partial charge in [0, 0.05) is 5.69 Å². The van der Waals surface area contributed by atoms with Gasteiger partial charge in [-0.3, -0.25) is 4.79 Å². The normalized spacial score (nSPS) is 12.1. The van der Waals surface area contributed by atoms with E-state index >= 15 is 0 Å². The van der Waals surface area contributed by atoms with Gasteiger partial charge >= 0.3 is 0 Å². The van der Waals surface area contributed by atoms with Crippen molar-refractivity contribution in [3.63, 3.8) is 0 Å². The number of aryl methyl sites for hydroxylation is 1. The molecule has 0 aliphatic carbocycles. The number of methoxy groups -OCH3 is 2. The topological polar surface area (TPSA) is 93.7 Å². The molecule has 0 aromatic heterocycles. The Morgan fingerprint density at radius 2 is 1.64 bits per heavy atom. The van der Waals surface area contributed by atoms with E-state index in [4.69, 9.17) is 21.1 Å². The van der Waals surface area contributed by atoms with Gasteiger partial charge in [-0.2, -0.15) is 4.72 Å². The highest BCUT2D eigenvalue weighted by molar-refractivity contribution is 7.89. The van der Waals surface area contributed by atoms with Crippen molar-refractivity contribution in [1.29, 1.82) is 0 Å². The fraction of sp³-hybridized carbons (Fsp3) is 0.208. The second-order valence-corrected chi connectivity index (χ2v) is 9.45. The van der Waals surface area contributed by atoms with Crippen LogP contribution in [-0.4, -0.2) is 34.6 Å². The third kappa shape index (κ3) is 6.25. The highest BCUT2D eigenvalue weighted by Crippen LogP contribution is 2.27. The van der Waals surface area contributed by atoms with Gasteiger partial charge < -0.3 is 14.8 Å². The lowest BCUT2D eigenvalue weighted by Crippen LogP contribution is -2.45. The van der Waals surface area contributed by atoms with Crippen LogP contribution in [0, 0.1) is 6.92 Å². The largest absolute Gasteiger partial charge is 0.496 e. The number of carbonyl (C=O) groups is 1. The molecule has 174 valence electrons. The van der Waals surface area contributed by atoms with E-state index in [1.165, 1.54) is 26.4 Å². The molecule has 2 N–H and O–H groups in total. The summed E-state index contributed by atoms with van der Waals surface area (Å²) in [7, 11) is -0.990. The zero-order valence-corrected chi connectivity index (χ0v) is 20.0. The minimum absolute atomic E-state index is 0.0409. The fourth-order valence-corrected chi connectivity index (χ4v) is 4.82. The summed E-state index contributed by atoms with van der Waals surface area (Å²) in [5, 5.41) is 3.06. The molecular formula is C24H25ClN2O5S. The Labute approximate surface area is 198 Å². The highest BCUT2D eigenvalue weighted by Gasteiger charge is 2.27. The van der Waals surface area contributed by atoms with Crippen LogP contribution < -0.4 is 19.5 Å². The molecule has 0 unspecified atom stereocenters. The molecule has 0 spiro atoms. The molecule has 0 aliphatic heterocycles. The van der Waals surface area contributed by atoms with E-state index < -0.39 is 22.0 Å². The molecule has 3 rings (SSSR count). The van der Waals surface area contributed by atoms with E-state index in [9.17, 15) is 13.2 Å². The molecule has 33 heavy (non-hydrogen) atoms. The molecule has 3 aromatic rings. The van der Waals surface area contributed by atoms with Crippen LogP contribution in [0.2, 0.25) is 5.02 Å². The first-order chi connectivity index (χ1) is 15.7. The number of halogens is 1. The smallest absolute Gasteiger partial charge is 0.242 e. The Hall–Kier alpha value is -3.07. The Balaban J connectivity index is 1.88. The minimum atomic E-state index is -4.00. The van der Waals surface area contributed by atoms with Crippen molar-refractivity contribution in [2.75, 3.05) is 19.5 Å². The molecule has 0 heterocycles. The maximum atomic E-state index is 13.1. The lowest BCUT2D eigenvalue weighted by atomic mass is 10.1. The number of carbonyl (C=O) groups excluding carboxylic acids is 1. The molecule has 0 saturated heterocycles. The molecule has 0 aliphatic rings. The van der Waals surface area contributed by atoms with Gasteiger partial charge in [-0.1, -0.05) is 41.9 Å². The first kappa shape index (κ1) is 24.6. The first-order valence-corrected chi connectivity index (χ1v) is 11.9. The van der Waals surface area contributed by atoms with Gasteiger partial charge in [0.25, 0.3) is 0 Å². The van der Waals surface area contributed by atoms with Crippen molar-refractivity contribution in [3.8, 4) is 11.5 Å². The van der Waals surface area contributed by atoms with Crippen LogP contribution in [0.4, 0.5) is 5.69 Å². The number of ether oxygens (including phenoxy) is 2. The Kier molecular flexibility index (Phi) is 7.97. The number of benzene rings is 3. The van der Waals surface area contributed by atoms with Gasteiger partial charge in [0.15, 0.2) is 0 Å². The average Bonchev–Trinajstić information content (AvgIpc) is 2.79. The minimum Gasteiger partial charge on any atom is -0.496 e. The molecule has 0 fully saturated rings. The second-order valence-electron chi connectivity index (χ2n) is 7.33. The Bertz CT molecular complexity index is 1230. The summed E-state index contributed by atoms with van der Waals surface area (Å²) in [6.45, 7) is 1.75. The molecule has 1 amide bonds. The lowest BCUT2D eigenvalue weighted by Gasteiger charge is -2.19. The Morgan fingerprint density at radius 3 is 2.24 bits per heavy atom. The van der Waals surface area contributed by atoms with Gasteiger partial charge in [-0.25, -0.2) is 8.42 Å². The maximum Gasteiger partial charge on any atom is 0.242 e. The van der Waals surface area contributed by atoms with Crippen LogP contribution in [0.15, 0.2) is 71.6 Å². The van der Waals surface area contributed by atoms with Crippen molar-refractivity contribution in [2.24, 2.45) is 0 Å². The number of rotatable bonds is 9. The average molecular weight is 489 g/mol. The summed E-state index contributed by atoms with van der Waals surface area (Å²) < 4.78 is 39.1. The monoisotopic (exact) mass is 488 g/mol. The van der Waals surface area contributed by atoms with Gasteiger partial charge in [0.2, 0.25) is 15.9 Å². The van der Waals surface area contributed by atoms with Crippen LogP contribution in [0.5, 0.6) is 11.5 Å². The third-order valence-electron chi connectivity index (χ3n) is 4.99. The molecule has 0 saturated carbocycles. The number of hydrogen-bond donors (Lipinski definition) is 2. The van der Waals surface area contributed by atoms with Gasteiger partial charge in [-0.15, -0.1) is 0 Å². The molecule has 3 aromatic carbocycles. The van der Waals surface area contributed by atoms with Crippen molar-refractivity contribution in [2.45, 2.75) is 24.3 Å². The number of anilines is 1. The summed E-state index contributed by atoms with van der Waals surface area (Å²) >= 11 is 6.15. The SMILES string of the molecule is COc1ccc(S(=O)(=O)N[C@@H](Cc2ccccc2)C(=O)Nc2ccc(OC)c(Cl)c2)cc1C. The number of hydrogen-bond acceptors (Lipinski definition) is 5. The van der Waals surface area contributed by atoms with Crippen LogP contribution >= 0.6 is 11.6 Å². The lowest BCUT2D eigenvalue weighted by molar-refractivity contribution is -0.117. The van der Waals surface area contributed by atoms with Gasteiger partial charge in [-0.05, 0) is 60.9 Å². The predicted molar refractivity (Wildman–Crippen MR) is 129 cm³/mol. The summed E-state index contributed by atoms with van der Waals surface area (Å²) in [5.74, 6) is 0.517. The van der Waals surface area contributed by atoms with Crippen molar-refractivity contribution in [1.82, 2.24) is 4.72 Å². The first-order valence-electron chi connectivity index (χ1n) is 10.1. The van der Waals surface area contributed by atoms with E-state index in [0.29, 0.717) is 27.8 Å². The predicted octanol–water partition coefficient (Wildman–Crippen LogP) is 4.19. The molecule has 0 radical (unpaired) electrons. The summed E-state index contributed by atoms with van der Waals surface area (Å²) in [6, 6.07) is 17.4. The zero-order valence-electron chi connectivity index (χ0n) is 18.5. The molecule has 9 heteroatoms. The maximum absolute atomic E-state index is 13.1. The van der Waals surface area contributed by atoms with Crippen LogP contribution in [0.25, 0.3) is 0 Å². The molecule has 7 nitrogen and oxygen atoms in total. The summed E-state index contributed by atoms with van der Waals surface area (Å²) in [5.41, 5.74) is 1.89. The molecule has 0 bridgehead atoms. The van der Waals surface area contributed by atoms with Crippen LogP contribution in [-0.2, 0) is 21.2 Å². The van der Waals surface area contributed by atoms with E-state index in [1.54, 1.807) is 31.2 Å². The quantitative estimate of drug-likeness (QED) is 0.471. The van der Waals surface area contributed by atoms with Crippen molar-refractivity contribution >= 4 is 33.2 Å². The third-order valence-corrected chi connectivity index (χ3v) is 6.76. The van der Waals surface area contributed by atoms with Crippen molar-refractivity contribution < 1.29 is 22.7 Å². The summed E-state index contributed by atoms with van der Waals surface area (Å²) in [6.07, 6.45) is 0.158. The van der Waals surface area contributed by atoms with E-state index in [2.05, 4.69) is 10.0 Å². The van der Waals surface area contributed by atoms with E-state index in [1.807, 2.05) is 30.3 Å². The number of amides is 1.